The number of aromatic nitrogens is 2. The van der Waals surface area contributed by atoms with Gasteiger partial charge in [0.15, 0.2) is 0 Å². The third kappa shape index (κ3) is 3.19. The lowest BCUT2D eigenvalue weighted by Crippen LogP contribution is -2.16. The van der Waals surface area contributed by atoms with Crippen LogP contribution in [0.4, 0.5) is 0 Å². The lowest BCUT2D eigenvalue weighted by atomic mass is 10.0. The highest BCUT2D eigenvalue weighted by Crippen LogP contribution is 2.37. The molecule has 8 heteroatoms. The van der Waals surface area contributed by atoms with Crippen LogP contribution in [0, 0.1) is 0 Å². The second-order valence-corrected chi connectivity index (χ2v) is 7.90. The molecule has 28 heavy (non-hydrogen) atoms. The van der Waals surface area contributed by atoms with Gasteiger partial charge in [-0.1, -0.05) is 18.2 Å². The molecule has 0 bridgehead atoms. The maximum atomic E-state index is 12.4. The number of nitrogens with one attached hydrogen (secondary N) is 1. The molecule has 0 fully saturated rings. The van der Waals surface area contributed by atoms with Crippen LogP contribution in [0.3, 0.4) is 0 Å². The second kappa shape index (κ2) is 6.66. The minimum atomic E-state index is -3.91. The summed E-state index contributed by atoms with van der Waals surface area (Å²) >= 11 is 0. The average Bonchev–Trinajstić information content (AvgIpc) is 3.15. The number of primary sulfonamides is 1. The number of H-pyrrole nitrogens is 1. The van der Waals surface area contributed by atoms with Gasteiger partial charge in [0, 0.05) is 36.0 Å². The van der Waals surface area contributed by atoms with Crippen LogP contribution >= 0.6 is 0 Å². The number of sulfonamides is 1. The zero-order valence-electron chi connectivity index (χ0n) is 14.9. The summed E-state index contributed by atoms with van der Waals surface area (Å²) < 4.78 is 31.2. The van der Waals surface area contributed by atoms with Crippen molar-refractivity contribution >= 4 is 20.9 Å². The zero-order chi connectivity index (χ0) is 19.9. The van der Waals surface area contributed by atoms with Gasteiger partial charge in [0.1, 0.15) is 17.0 Å². The van der Waals surface area contributed by atoms with E-state index in [0.717, 1.165) is 0 Å². The van der Waals surface area contributed by atoms with Gasteiger partial charge in [-0.3, -0.25) is 4.79 Å². The van der Waals surface area contributed by atoms with Crippen molar-refractivity contribution in [2.24, 2.45) is 12.2 Å². The van der Waals surface area contributed by atoms with E-state index in [1.165, 1.54) is 16.7 Å². The van der Waals surface area contributed by atoms with Crippen LogP contribution in [0.5, 0.6) is 11.5 Å². The van der Waals surface area contributed by atoms with E-state index in [-0.39, 0.29) is 10.5 Å². The third-order valence-electron chi connectivity index (χ3n) is 4.43. The molecule has 0 saturated heterocycles. The van der Waals surface area contributed by atoms with Gasteiger partial charge in [-0.05, 0) is 36.4 Å². The molecule has 2 aromatic heterocycles. The lowest BCUT2D eigenvalue weighted by Gasteiger charge is -2.14. The summed E-state index contributed by atoms with van der Waals surface area (Å²) in [6.07, 6.45) is 3.31. The molecule has 0 aliphatic heterocycles. The van der Waals surface area contributed by atoms with Gasteiger partial charge in [0.25, 0.3) is 5.56 Å². The Bertz CT molecular complexity index is 1340. The molecule has 2 heterocycles. The first-order chi connectivity index (χ1) is 13.3. The number of aryl methyl sites for hydroxylation is 1. The van der Waals surface area contributed by atoms with Crippen molar-refractivity contribution in [1.29, 1.82) is 0 Å². The fourth-order valence-corrected chi connectivity index (χ4v) is 3.62. The normalized spacial score (nSPS) is 11.6. The molecule has 0 aliphatic carbocycles. The molecule has 4 rings (SSSR count). The number of pyridine rings is 1. The fraction of sp³-hybridized carbons (Fsp3) is 0.0500. The van der Waals surface area contributed by atoms with Gasteiger partial charge >= 0.3 is 0 Å². The largest absolute Gasteiger partial charge is 0.457 e. The highest BCUT2D eigenvalue weighted by Gasteiger charge is 2.18. The molecule has 0 atom stereocenters. The number of nitrogens with zero attached hydrogens (tertiary/aromatic N) is 1. The molecular formula is C20H17N3O4S. The van der Waals surface area contributed by atoms with Crippen molar-refractivity contribution in [3.63, 3.8) is 0 Å². The van der Waals surface area contributed by atoms with Crippen molar-refractivity contribution in [3.8, 4) is 22.6 Å². The van der Waals surface area contributed by atoms with Gasteiger partial charge in [-0.15, -0.1) is 0 Å². The number of hydrogen-bond donors (Lipinski definition) is 2. The maximum Gasteiger partial charge on any atom is 0.274 e. The minimum absolute atomic E-state index is 0.0412. The van der Waals surface area contributed by atoms with Gasteiger partial charge in [0.2, 0.25) is 10.0 Å². The van der Waals surface area contributed by atoms with Crippen molar-refractivity contribution in [1.82, 2.24) is 9.55 Å². The first-order valence-electron chi connectivity index (χ1n) is 8.41. The highest BCUT2D eigenvalue weighted by molar-refractivity contribution is 7.89. The molecule has 2 aromatic carbocycles. The monoisotopic (exact) mass is 395 g/mol. The number of benzene rings is 2. The third-order valence-corrected chi connectivity index (χ3v) is 5.35. The van der Waals surface area contributed by atoms with E-state index in [1.807, 2.05) is 18.2 Å². The van der Waals surface area contributed by atoms with Crippen LogP contribution in [0.2, 0.25) is 0 Å². The van der Waals surface area contributed by atoms with Crippen molar-refractivity contribution in [2.75, 3.05) is 0 Å². The van der Waals surface area contributed by atoms with E-state index in [9.17, 15) is 13.2 Å². The Hall–Kier alpha value is -3.36. The van der Waals surface area contributed by atoms with E-state index < -0.39 is 10.0 Å². The predicted molar refractivity (Wildman–Crippen MR) is 107 cm³/mol. The lowest BCUT2D eigenvalue weighted by molar-refractivity contribution is 0.484. The summed E-state index contributed by atoms with van der Waals surface area (Å²) in [6.45, 7) is 0. The molecule has 7 nitrogen and oxygen atoms in total. The number of fused-ring (bicyclic) bond motifs is 1. The quantitative estimate of drug-likeness (QED) is 0.554. The molecule has 0 unspecified atom stereocenters. The Labute approximate surface area is 161 Å². The van der Waals surface area contributed by atoms with E-state index in [2.05, 4.69) is 4.98 Å². The van der Waals surface area contributed by atoms with Crippen molar-refractivity contribution in [3.05, 3.63) is 77.3 Å². The fourth-order valence-electron chi connectivity index (χ4n) is 3.08. The molecule has 3 N–H and O–H groups in total. The van der Waals surface area contributed by atoms with Crippen molar-refractivity contribution < 1.29 is 13.2 Å². The molecule has 0 aliphatic rings. The Morgan fingerprint density at radius 2 is 1.79 bits per heavy atom. The first-order valence-corrected chi connectivity index (χ1v) is 9.96. The predicted octanol–water partition coefficient (Wildman–Crippen LogP) is 2.97. The average molecular weight is 395 g/mol. The molecule has 0 spiro atoms. The van der Waals surface area contributed by atoms with E-state index in [1.54, 1.807) is 43.7 Å². The van der Waals surface area contributed by atoms with Crippen LogP contribution in [-0.2, 0) is 17.1 Å². The van der Waals surface area contributed by atoms with Gasteiger partial charge in [0.05, 0.1) is 4.90 Å². The smallest absolute Gasteiger partial charge is 0.274 e. The van der Waals surface area contributed by atoms with Crippen LogP contribution in [0.25, 0.3) is 22.0 Å². The zero-order valence-corrected chi connectivity index (χ0v) is 15.7. The number of aromatic amines is 1. The number of nitrogens with two attached hydrogens (primary N) is 1. The standard InChI is InChI=1S/C20H17N3O4S/c1-23-12-17(15-9-10-22-19(15)20(23)24)16-11-14(28(21,25)26)7-8-18(16)27-13-5-3-2-4-6-13/h2-12,22H,1H3,(H2,21,25,26). The highest BCUT2D eigenvalue weighted by atomic mass is 32.2. The van der Waals surface area contributed by atoms with Gasteiger partial charge in [-0.2, -0.15) is 0 Å². The summed E-state index contributed by atoms with van der Waals surface area (Å²) in [5, 5.41) is 5.98. The number of ether oxygens (including phenoxy) is 1. The molecule has 4 aromatic rings. The molecule has 142 valence electrons. The van der Waals surface area contributed by atoms with E-state index in [0.29, 0.717) is 33.5 Å². The first kappa shape index (κ1) is 18.0. The SMILES string of the molecule is Cn1cc(-c2cc(S(N)(=O)=O)ccc2Oc2ccccc2)c2cc[nH]c2c1=O. The second-order valence-electron chi connectivity index (χ2n) is 6.34. The summed E-state index contributed by atoms with van der Waals surface area (Å²) in [7, 11) is -2.28. The maximum absolute atomic E-state index is 12.4. The van der Waals surface area contributed by atoms with Crippen molar-refractivity contribution in [2.45, 2.75) is 4.90 Å². The molecule has 0 amide bonds. The Kier molecular flexibility index (Phi) is 4.29. The Balaban J connectivity index is 2.00. The Morgan fingerprint density at radius 1 is 1.04 bits per heavy atom. The molecule has 0 saturated carbocycles. The van der Waals surface area contributed by atoms with Gasteiger partial charge in [-0.25, -0.2) is 13.6 Å². The van der Waals surface area contributed by atoms with E-state index in [4.69, 9.17) is 9.88 Å². The van der Waals surface area contributed by atoms with Crippen LogP contribution in [0.15, 0.2) is 76.7 Å². The van der Waals surface area contributed by atoms with Crippen LogP contribution < -0.4 is 15.4 Å². The van der Waals surface area contributed by atoms with Crippen LogP contribution in [0.1, 0.15) is 0 Å². The number of hydrogen-bond acceptors (Lipinski definition) is 4. The van der Waals surface area contributed by atoms with Crippen LogP contribution in [-0.4, -0.2) is 18.0 Å². The van der Waals surface area contributed by atoms with E-state index >= 15 is 0 Å². The topological polar surface area (TPSA) is 107 Å². The summed E-state index contributed by atoms with van der Waals surface area (Å²) in [4.78, 5) is 15.3. The molecular weight excluding hydrogens is 378 g/mol. The summed E-state index contributed by atoms with van der Waals surface area (Å²) in [6, 6.07) is 15.3. The number of rotatable bonds is 4. The minimum Gasteiger partial charge on any atom is -0.457 e. The van der Waals surface area contributed by atoms with Gasteiger partial charge < -0.3 is 14.3 Å². The molecule has 0 radical (unpaired) electrons. The summed E-state index contributed by atoms with van der Waals surface area (Å²) in [5.74, 6) is 1.04. The summed E-state index contributed by atoms with van der Waals surface area (Å²) in [5.41, 5.74) is 1.40. The Morgan fingerprint density at radius 3 is 2.50 bits per heavy atom. The number of para-hydroxylation sites is 1.